The predicted molar refractivity (Wildman–Crippen MR) is 67.2 cm³/mol. The van der Waals surface area contributed by atoms with E-state index in [-0.39, 0.29) is 5.52 Å². The van der Waals surface area contributed by atoms with Crippen molar-refractivity contribution in [2.75, 3.05) is 0 Å². The lowest BCUT2D eigenvalue weighted by molar-refractivity contribution is -0.131. The van der Waals surface area contributed by atoms with E-state index in [1.165, 1.54) is 13.0 Å². The first-order valence-corrected chi connectivity index (χ1v) is 5.65. The van der Waals surface area contributed by atoms with Gasteiger partial charge in [-0.2, -0.15) is 0 Å². The van der Waals surface area contributed by atoms with Crippen LogP contribution in [-0.4, -0.2) is 11.0 Å². The highest BCUT2D eigenvalue weighted by molar-refractivity contribution is 5.90. The minimum atomic E-state index is -0.424. The van der Waals surface area contributed by atoms with E-state index in [9.17, 15) is 9.18 Å². The second-order valence-electron chi connectivity index (χ2n) is 4.39. The quantitative estimate of drug-likeness (QED) is 0.726. The third-order valence-electron chi connectivity index (χ3n) is 2.86. The third-order valence-corrected chi connectivity index (χ3v) is 2.86. The van der Waals surface area contributed by atoms with Crippen molar-refractivity contribution in [2.45, 2.75) is 27.7 Å². The number of ether oxygens (including phenoxy) is 1. The molecule has 0 atom stereocenters. The van der Waals surface area contributed by atoms with Crippen molar-refractivity contribution in [3.05, 3.63) is 34.8 Å². The molecule has 0 bridgehead atoms. The second-order valence-corrected chi connectivity index (χ2v) is 4.39. The molecule has 18 heavy (non-hydrogen) atoms. The topological polar surface area (TPSA) is 39.2 Å². The number of pyridine rings is 1. The van der Waals surface area contributed by atoms with Crippen molar-refractivity contribution in [3.8, 4) is 5.75 Å². The number of fused-ring (bicyclic) bond motifs is 1. The van der Waals surface area contributed by atoms with E-state index in [4.69, 9.17) is 4.74 Å². The zero-order valence-corrected chi connectivity index (χ0v) is 10.8. The monoisotopic (exact) mass is 247 g/mol. The number of benzene rings is 1. The molecular formula is C14H14FNO2. The molecule has 94 valence electrons. The predicted octanol–water partition coefficient (Wildman–Crippen LogP) is 3.22. The van der Waals surface area contributed by atoms with Gasteiger partial charge in [-0.3, -0.25) is 4.79 Å². The number of carbonyl (C=O) groups is 1. The van der Waals surface area contributed by atoms with E-state index in [2.05, 4.69) is 4.98 Å². The Labute approximate surface area is 105 Å². The van der Waals surface area contributed by atoms with E-state index < -0.39 is 11.8 Å². The summed E-state index contributed by atoms with van der Waals surface area (Å²) < 4.78 is 19.1. The van der Waals surface area contributed by atoms with E-state index in [0.29, 0.717) is 16.8 Å². The Hall–Kier alpha value is -1.97. The summed E-state index contributed by atoms with van der Waals surface area (Å²) >= 11 is 0. The molecule has 0 spiro atoms. The second kappa shape index (κ2) is 4.37. The van der Waals surface area contributed by atoms with Crippen LogP contribution in [0.25, 0.3) is 10.9 Å². The number of esters is 1. The Kier molecular flexibility index (Phi) is 3.03. The Morgan fingerprint density at radius 1 is 1.28 bits per heavy atom. The highest BCUT2D eigenvalue weighted by atomic mass is 19.1. The molecule has 0 fully saturated rings. The summed E-state index contributed by atoms with van der Waals surface area (Å²) in [5.41, 5.74) is 2.41. The first kappa shape index (κ1) is 12.5. The lowest BCUT2D eigenvalue weighted by Crippen LogP contribution is -2.06. The van der Waals surface area contributed by atoms with Crippen molar-refractivity contribution in [1.29, 1.82) is 0 Å². The largest absolute Gasteiger partial charge is 0.426 e. The smallest absolute Gasteiger partial charge is 0.308 e. The first-order chi connectivity index (χ1) is 8.40. The standard InChI is InChI=1S/C14H14FNO2/c1-7-5-11-13(12(15)6-7)16-9(3)8(2)14(11)18-10(4)17/h5-6H,1-4H3. The summed E-state index contributed by atoms with van der Waals surface area (Å²) in [5.74, 6) is -0.430. The Bertz CT molecular complexity index is 650. The molecule has 0 unspecified atom stereocenters. The molecule has 1 aromatic carbocycles. The molecule has 0 aliphatic rings. The molecule has 0 saturated carbocycles. The maximum Gasteiger partial charge on any atom is 0.308 e. The van der Waals surface area contributed by atoms with Gasteiger partial charge >= 0.3 is 5.97 Å². The average molecular weight is 247 g/mol. The van der Waals surface area contributed by atoms with Gasteiger partial charge in [0.05, 0.1) is 0 Å². The molecule has 0 amide bonds. The Morgan fingerprint density at radius 2 is 1.94 bits per heavy atom. The molecular weight excluding hydrogens is 233 g/mol. The highest BCUT2D eigenvalue weighted by Gasteiger charge is 2.15. The van der Waals surface area contributed by atoms with Gasteiger partial charge in [-0.1, -0.05) is 0 Å². The fraction of sp³-hybridized carbons (Fsp3) is 0.286. The number of nitrogens with zero attached hydrogens (tertiary/aromatic N) is 1. The van der Waals surface area contributed by atoms with Crippen LogP contribution >= 0.6 is 0 Å². The maximum absolute atomic E-state index is 13.9. The van der Waals surface area contributed by atoms with Crippen molar-refractivity contribution >= 4 is 16.9 Å². The van der Waals surface area contributed by atoms with E-state index in [1.54, 1.807) is 26.8 Å². The summed E-state index contributed by atoms with van der Waals surface area (Å²) in [5, 5.41) is 0.533. The minimum absolute atomic E-state index is 0.236. The average Bonchev–Trinajstić information content (AvgIpc) is 2.26. The van der Waals surface area contributed by atoms with Crippen LogP contribution in [-0.2, 0) is 4.79 Å². The van der Waals surface area contributed by atoms with Crippen molar-refractivity contribution in [1.82, 2.24) is 4.98 Å². The van der Waals surface area contributed by atoms with Gasteiger partial charge < -0.3 is 4.74 Å². The van der Waals surface area contributed by atoms with Crippen LogP contribution in [0.5, 0.6) is 5.75 Å². The SMILES string of the molecule is CC(=O)Oc1c(C)c(C)nc2c(F)cc(C)cc12. The van der Waals surface area contributed by atoms with Gasteiger partial charge in [0.15, 0.2) is 0 Å². The van der Waals surface area contributed by atoms with Gasteiger partial charge in [0.25, 0.3) is 0 Å². The van der Waals surface area contributed by atoms with Gasteiger partial charge in [0, 0.05) is 23.6 Å². The van der Waals surface area contributed by atoms with Gasteiger partial charge in [0.2, 0.25) is 0 Å². The summed E-state index contributed by atoms with van der Waals surface area (Å²) in [7, 11) is 0. The van der Waals surface area contributed by atoms with Crippen LogP contribution in [0.2, 0.25) is 0 Å². The lowest BCUT2D eigenvalue weighted by atomic mass is 10.1. The lowest BCUT2D eigenvalue weighted by Gasteiger charge is -2.12. The summed E-state index contributed by atoms with van der Waals surface area (Å²) in [6, 6.07) is 3.19. The van der Waals surface area contributed by atoms with Crippen molar-refractivity contribution in [2.24, 2.45) is 0 Å². The number of aromatic nitrogens is 1. The molecule has 4 heteroatoms. The van der Waals surface area contributed by atoms with Crippen LogP contribution in [0.3, 0.4) is 0 Å². The van der Waals surface area contributed by atoms with E-state index in [1.807, 2.05) is 0 Å². The summed E-state index contributed by atoms with van der Waals surface area (Å²) in [6.45, 7) is 6.68. The van der Waals surface area contributed by atoms with Gasteiger partial charge in [-0.15, -0.1) is 0 Å². The first-order valence-electron chi connectivity index (χ1n) is 5.65. The van der Waals surface area contributed by atoms with Gasteiger partial charge in [-0.05, 0) is 38.5 Å². The Morgan fingerprint density at radius 3 is 2.56 bits per heavy atom. The molecule has 0 saturated heterocycles. The molecule has 1 heterocycles. The van der Waals surface area contributed by atoms with Gasteiger partial charge in [-0.25, -0.2) is 9.37 Å². The van der Waals surface area contributed by atoms with Crippen LogP contribution in [0.15, 0.2) is 12.1 Å². The summed E-state index contributed by atoms with van der Waals surface area (Å²) in [6.07, 6.45) is 0. The number of carbonyl (C=O) groups excluding carboxylic acids is 1. The molecule has 0 N–H and O–H groups in total. The van der Waals surface area contributed by atoms with Crippen molar-refractivity contribution in [3.63, 3.8) is 0 Å². The number of halogens is 1. The number of hydrogen-bond donors (Lipinski definition) is 0. The Balaban J connectivity index is 2.87. The number of rotatable bonds is 1. The fourth-order valence-electron chi connectivity index (χ4n) is 1.91. The molecule has 2 rings (SSSR count). The number of hydrogen-bond acceptors (Lipinski definition) is 3. The maximum atomic E-state index is 13.9. The van der Waals surface area contributed by atoms with E-state index >= 15 is 0 Å². The van der Waals surface area contributed by atoms with Crippen LogP contribution in [0.4, 0.5) is 4.39 Å². The number of aryl methyl sites for hydroxylation is 2. The zero-order valence-electron chi connectivity index (χ0n) is 10.8. The van der Waals surface area contributed by atoms with Gasteiger partial charge in [0.1, 0.15) is 17.1 Å². The zero-order chi connectivity index (χ0) is 13.4. The van der Waals surface area contributed by atoms with Crippen LogP contribution < -0.4 is 4.74 Å². The fourth-order valence-corrected chi connectivity index (χ4v) is 1.91. The van der Waals surface area contributed by atoms with Crippen LogP contribution in [0, 0.1) is 26.6 Å². The molecule has 2 aromatic rings. The third kappa shape index (κ3) is 2.06. The molecule has 0 aliphatic heterocycles. The van der Waals surface area contributed by atoms with E-state index in [0.717, 1.165) is 11.1 Å². The molecule has 0 aliphatic carbocycles. The molecule has 0 radical (unpaired) electrons. The minimum Gasteiger partial charge on any atom is -0.426 e. The normalized spacial score (nSPS) is 10.7. The highest BCUT2D eigenvalue weighted by Crippen LogP contribution is 2.32. The van der Waals surface area contributed by atoms with Crippen LogP contribution in [0.1, 0.15) is 23.7 Å². The molecule has 3 nitrogen and oxygen atoms in total. The van der Waals surface area contributed by atoms with Crippen molar-refractivity contribution < 1.29 is 13.9 Å². The summed E-state index contributed by atoms with van der Waals surface area (Å²) in [4.78, 5) is 15.4. The molecule has 1 aromatic heterocycles.